The minimum atomic E-state index is -3.32. The molecule has 1 aromatic carbocycles. The zero-order valence-electron chi connectivity index (χ0n) is 21.2. The summed E-state index contributed by atoms with van der Waals surface area (Å²) in [6, 6.07) is 11.1. The monoisotopic (exact) mass is 535 g/mol. The molecule has 1 amide bonds. The fraction of sp³-hybridized carbons (Fsp3) is 0.385. The second-order valence-electron chi connectivity index (χ2n) is 10.1. The number of anilines is 1. The number of sulfonamides is 1. The lowest BCUT2D eigenvalue weighted by Crippen LogP contribution is -2.53. The molecule has 4 aromatic rings. The Balaban J connectivity index is 1.14. The van der Waals surface area contributed by atoms with E-state index in [0.29, 0.717) is 60.2 Å². The number of aryl methyl sites for hydroxylation is 1. The SMILES string of the molecule is Cc1ccc(-c2noc(C3CN(S(=O)(=O)C4CCN(C)CC4)C3)n2)cc1NC(=O)c1cnc2ccccn12. The smallest absolute Gasteiger partial charge is 0.274 e. The Kier molecular flexibility index (Phi) is 6.25. The first-order valence-electron chi connectivity index (χ1n) is 12.6. The molecular weight excluding hydrogens is 506 g/mol. The number of nitrogens with zero attached hydrogens (tertiary/aromatic N) is 6. The van der Waals surface area contributed by atoms with Crippen molar-refractivity contribution in [3.63, 3.8) is 0 Å². The molecule has 0 atom stereocenters. The summed E-state index contributed by atoms with van der Waals surface area (Å²) in [4.78, 5) is 24.0. The van der Waals surface area contributed by atoms with Crippen molar-refractivity contribution >= 4 is 27.3 Å². The topological polar surface area (TPSA) is 126 Å². The van der Waals surface area contributed by atoms with E-state index in [4.69, 9.17) is 4.52 Å². The molecule has 1 N–H and O–H groups in total. The highest BCUT2D eigenvalue weighted by Gasteiger charge is 2.43. The molecule has 0 aliphatic carbocycles. The predicted molar refractivity (Wildman–Crippen MR) is 141 cm³/mol. The summed E-state index contributed by atoms with van der Waals surface area (Å²) < 4.78 is 34.8. The average Bonchev–Trinajstić information content (AvgIpc) is 3.52. The number of fused-ring (bicyclic) bond motifs is 1. The third kappa shape index (κ3) is 4.48. The van der Waals surface area contributed by atoms with Crippen LogP contribution < -0.4 is 5.32 Å². The molecule has 2 aliphatic rings. The number of benzene rings is 1. The fourth-order valence-corrected chi connectivity index (χ4v) is 7.00. The van der Waals surface area contributed by atoms with Crippen molar-refractivity contribution in [1.82, 2.24) is 28.7 Å². The van der Waals surface area contributed by atoms with Crippen LogP contribution in [0.25, 0.3) is 17.0 Å². The second kappa shape index (κ2) is 9.61. The maximum absolute atomic E-state index is 13.0. The summed E-state index contributed by atoms with van der Waals surface area (Å²) in [6.07, 6.45) is 4.66. The molecule has 38 heavy (non-hydrogen) atoms. The van der Waals surface area contributed by atoms with Crippen molar-refractivity contribution in [2.24, 2.45) is 0 Å². The van der Waals surface area contributed by atoms with E-state index >= 15 is 0 Å². The highest BCUT2D eigenvalue weighted by atomic mass is 32.2. The Bertz CT molecular complexity index is 1600. The van der Waals surface area contributed by atoms with Gasteiger partial charge in [-0.1, -0.05) is 23.4 Å². The summed E-state index contributed by atoms with van der Waals surface area (Å²) in [5, 5.41) is 6.77. The summed E-state index contributed by atoms with van der Waals surface area (Å²) in [5.74, 6) is 0.406. The van der Waals surface area contributed by atoms with E-state index in [9.17, 15) is 13.2 Å². The van der Waals surface area contributed by atoms with Gasteiger partial charge in [0.2, 0.25) is 21.7 Å². The Morgan fingerprint density at radius 1 is 1.13 bits per heavy atom. The predicted octanol–water partition coefficient (Wildman–Crippen LogP) is 2.77. The average molecular weight is 536 g/mol. The van der Waals surface area contributed by atoms with Crippen LogP contribution in [-0.2, 0) is 10.0 Å². The Hall–Kier alpha value is -3.61. The normalized spacial score (nSPS) is 18.1. The molecule has 3 aromatic heterocycles. The highest BCUT2D eigenvalue weighted by Crippen LogP contribution is 2.33. The van der Waals surface area contributed by atoms with Gasteiger partial charge in [0.15, 0.2) is 0 Å². The largest absolute Gasteiger partial charge is 0.339 e. The molecular formula is C26H29N7O4S. The van der Waals surface area contributed by atoms with Crippen LogP contribution in [0, 0.1) is 6.92 Å². The number of aromatic nitrogens is 4. The van der Waals surface area contributed by atoms with E-state index in [2.05, 4.69) is 25.3 Å². The van der Waals surface area contributed by atoms with Crippen LogP contribution in [-0.4, -0.2) is 81.5 Å². The maximum atomic E-state index is 13.0. The van der Waals surface area contributed by atoms with Gasteiger partial charge in [-0.2, -0.15) is 9.29 Å². The van der Waals surface area contributed by atoms with Gasteiger partial charge < -0.3 is 14.7 Å². The number of imidazole rings is 1. The number of amides is 1. The lowest BCUT2D eigenvalue weighted by molar-refractivity contribution is 0.102. The number of rotatable bonds is 6. The summed E-state index contributed by atoms with van der Waals surface area (Å²) in [7, 11) is -1.30. The van der Waals surface area contributed by atoms with E-state index in [1.165, 1.54) is 4.31 Å². The van der Waals surface area contributed by atoms with Crippen molar-refractivity contribution in [3.05, 3.63) is 65.9 Å². The van der Waals surface area contributed by atoms with Crippen LogP contribution in [0.15, 0.2) is 53.3 Å². The van der Waals surface area contributed by atoms with E-state index in [1.54, 1.807) is 16.8 Å². The summed E-state index contributed by atoms with van der Waals surface area (Å²) >= 11 is 0. The van der Waals surface area contributed by atoms with Gasteiger partial charge in [-0.15, -0.1) is 0 Å². The van der Waals surface area contributed by atoms with Gasteiger partial charge in [-0.05, 0) is 63.7 Å². The number of pyridine rings is 1. The second-order valence-corrected chi connectivity index (χ2v) is 12.3. The van der Waals surface area contributed by atoms with Gasteiger partial charge in [-0.25, -0.2) is 13.4 Å². The molecule has 0 radical (unpaired) electrons. The van der Waals surface area contributed by atoms with Gasteiger partial charge in [0.1, 0.15) is 11.3 Å². The molecule has 2 saturated heterocycles. The number of carbonyl (C=O) groups is 1. The van der Waals surface area contributed by atoms with Crippen molar-refractivity contribution in [2.75, 3.05) is 38.5 Å². The number of piperidine rings is 1. The third-order valence-electron chi connectivity index (χ3n) is 7.48. The molecule has 2 aliphatic heterocycles. The molecule has 0 spiro atoms. The number of carbonyl (C=O) groups excluding carboxylic acids is 1. The lowest BCUT2D eigenvalue weighted by atomic mass is 10.0. The van der Waals surface area contributed by atoms with Crippen LogP contribution in [0.4, 0.5) is 5.69 Å². The minimum Gasteiger partial charge on any atom is -0.339 e. The molecule has 0 bridgehead atoms. The first-order valence-corrected chi connectivity index (χ1v) is 14.2. The van der Waals surface area contributed by atoms with Crippen LogP contribution in [0.1, 0.15) is 40.7 Å². The van der Waals surface area contributed by atoms with Gasteiger partial charge in [0.25, 0.3) is 5.91 Å². The number of nitrogens with one attached hydrogen (secondary N) is 1. The van der Waals surface area contributed by atoms with Crippen LogP contribution >= 0.6 is 0 Å². The molecule has 11 nitrogen and oxygen atoms in total. The van der Waals surface area contributed by atoms with E-state index in [1.807, 2.05) is 50.4 Å². The van der Waals surface area contributed by atoms with Gasteiger partial charge in [0, 0.05) is 30.5 Å². The first kappa shape index (κ1) is 24.7. The number of likely N-dealkylation sites (tertiary alicyclic amines) is 1. The Morgan fingerprint density at radius 2 is 1.92 bits per heavy atom. The number of hydrogen-bond donors (Lipinski definition) is 1. The fourth-order valence-electron chi connectivity index (χ4n) is 5.00. The van der Waals surface area contributed by atoms with Crippen molar-refractivity contribution < 1.29 is 17.7 Å². The van der Waals surface area contributed by atoms with Gasteiger partial charge in [0.05, 0.1) is 17.4 Å². The molecule has 2 fully saturated rings. The molecule has 12 heteroatoms. The van der Waals surface area contributed by atoms with Crippen LogP contribution in [0.5, 0.6) is 0 Å². The molecule has 5 heterocycles. The van der Waals surface area contributed by atoms with Gasteiger partial charge >= 0.3 is 0 Å². The Labute approximate surface area is 220 Å². The van der Waals surface area contributed by atoms with Crippen molar-refractivity contribution in [2.45, 2.75) is 30.9 Å². The van der Waals surface area contributed by atoms with Crippen LogP contribution in [0.2, 0.25) is 0 Å². The molecule has 6 rings (SSSR count). The highest BCUT2D eigenvalue weighted by molar-refractivity contribution is 7.89. The maximum Gasteiger partial charge on any atom is 0.274 e. The first-order chi connectivity index (χ1) is 18.3. The lowest BCUT2D eigenvalue weighted by Gasteiger charge is -2.40. The molecule has 198 valence electrons. The zero-order valence-corrected chi connectivity index (χ0v) is 22.1. The molecule has 0 saturated carbocycles. The zero-order chi connectivity index (χ0) is 26.4. The van der Waals surface area contributed by atoms with Crippen molar-refractivity contribution in [3.8, 4) is 11.4 Å². The van der Waals surface area contributed by atoms with E-state index < -0.39 is 10.0 Å². The minimum absolute atomic E-state index is 0.128. The quantitative estimate of drug-likeness (QED) is 0.400. The Morgan fingerprint density at radius 3 is 2.71 bits per heavy atom. The van der Waals surface area contributed by atoms with E-state index in [-0.39, 0.29) is 17.1 Å². The number of hydrogen-bond acceptors (Lipinski definition) is 8. The standard InChI is InChI=1S/C26H29N7O4S/c1-17-6-7-18(13-21(17)28-25(34)22-14-27-23-5-3-4-10-33(22)23)24-29-26(37-30-24)19-15-32(16-19)38(35,36)20-8-11-31(2)12-9-20/h3-7,10,13-14,19-20H,8-9,11-12,15-16H2,1-2H3,(H,28,34). The summed E-state index contributed by atoms with van der Waals surface area (Å²) in [6.45, 7) is 4.21. The van der Waals surface area contributed by atoms with E-state index in [0.717, 1.165) is 18.7 Å². The molecule has 0 unspecified atom stereocenters. The van der Waals surface area contributed by atoms with Crippen molar-refractivity contribution in [1.29, 1.82) is 0 Å². The van der Waals surface area contributed by atoms with Gasteiger partial charge in [-0.3, -0.25) is 9.20 Å². The van der Waals surface area contributed by atoms with Crippen LogP contribution in [0.3, 0.4) is 0 Å². The third-order valence-corrected chi connectivity index (χ3v) is 9.81. The summed E-state index contributed by atoms with van der Waals surface area (Å²) in [5.41, 5.74) is 3.32.